The molecular weight excluding hydrogens is 282 g/mol. The standard InChI is InChI=1S/C14H12F2N2O3/c1-6-7-4-9(15)10(16)5-8(7)14(21)18(6)11-2-3-12(19)17-13(11)20/h4-6,11H,2-3H2,1H3,(H,17,19,20). The second-order valence-corrected chi connectivity index (χ2v) is 5.21. The van der Waals surface area contributed by atoms with Crippen molar-refractivity contribution in [3.63, 3.8) is 0 Å². The number of nitrogens with one attached hydrogen (secondary N) is 1. The molecule has 1 aromatic carbocycles. The van der Waals surface area contributed by atoms with E-state index in [1.54, 1.807) is 6.92 Å². The van der Waals surface area contributed by atoms with E-state index in [4.69, 9.17) is 0 Å². The third-order valence-corrected chi connectivity index (χ3v) is 3.97. The van der Waals surface area contributed by atoms with Gasteiger partial charge in [-0.3, -0.25) is 19.7 Å². The first kappa shape index (κ1) is 13.7. The molecule has 0 radical (unpaired) electrons. The number of hydrogen-bond donors (Lipinski definition) is 1. The Kier molecular flexibility index (Phi) is 3.00. The van der Waals surface area contributed by atoms with E-state index in [-0.39, 0.29) is 24.3 Å². The van der Waals surface area contributed by atoms with Crippen LogP contribution in [0, 0.1) is 11.6 Å². The smallest absolute Gasteiger partial charge is 0.255 e. The molecule has 2 heterocycles. The van der Waals surface area contributed by atoms with Gasteiger partial charge in [-0.1, -0.05) is 0 Å². The zero-order valence-corrected chi connectivity index (χ0v) is 11.2. The quantitative estimate of drug-likeness (QED) is 0.794. The summed E-state index contributed by atoms with van der Waals surface area (Å²) in [4.78, 5) is 36.7. The monoisotopic (exact) mass is 294 g/mol. The molecule has 0 aromatic heterocycles. The molecule has 2 unspecified atom stereocenters. The van der Waals surface area contributed by atoms with Gasteiger partial charge in [-0.05, 0) is 31.0 Å². The molecule has 0 bridgehead atoms. The topological polar surface area (TPSA) is 66.5 Å². The lowest BCUT2D eigenvalue weighted by Crippen LogP contribution is -2.53. The molecule has 1 N–H and O–H groups in total. The molecule has 7 heteroatoms. The van der Waals surface area contributed by atoms with Crippen molar-refractivity contribution in [2.75, 3.05) is 0 Å². The maximum absolute atomic E-state index is 13.3. The Morgan fingerprint density at radius 3 is 2.52 bits per heavy atom. The van der Waals surface area contributed by atoms with Crippen molar-refractivity contribution in [1.82, 2.24) is 10.2 Å². The summed E-state index contributed by atoms with van der Waals surface area (Å²) < 4.78 is 26.6. The van der Waals surface area contributed by atoms with E-state index in [0.29, 0.717) is 5.56 Å². The first-order chi connectivity index (χ1) is 9.90. The van der Waals surface area contributed by atoms with E-state index in [9.17, 15) is 23.2 Å². The molecule has 1 aromatic rings. The first-order valence-corrected chi connectivity index (χ1v) is 6.55. The highest BCUT2D eigenvalue weighted by Gasteiger charge is 2.43. The van der Waals surface area contributed by atoms with E-state index in [1.807, 2.05) is 0 Å². The Labute approximate surface area is 118 Å². The van der Waals surface area contributed by atoms with Crippen LogP contribution in [-0.2, 0) is 9.59 Å². The predicted octanol–water partition coefficient (Wildman–Crippen LogP) is 1.29. The van der Waals surface area contributed by atoms with Crippen LogP contribution in [0.5, 0.6) is 0 Å². The van der Waals surface area contributed by atoms with Crippen molar-refractivity contribution in [3.05, 3.63) is 34.9 Å². The number of fused-ring (bicyclic) bond motifs is 1. The summed E-state index contributed by atoms with van der Waals surface area (Å²) in [5.74, 6) is -3.59. The Bertz CT molecular complexity index is 674. The highest BCUT2D eigenvalue weighted by Crippen LogP contribution is 2.37. The largest absolute Gasteiger partial charge is 0.320 e. The van der Waals surface area contributed by atoms with Gasteiger partial charge in [-0.15, -0.1) is 0 Å². The van der Waals surface area contributed by atoms with Gasteiger partial charge in [0.15, 0.2) is 11.6 Å². The summed E-state index contributed by atoms with van der Waals surface area (Å²) >= 11 is 0. The van der Waals surface area contributed by atoms with Gasteiger partial charge in [0.25, 0.3) is 5.91 Å². The maximum atomic E-state index is 13.3. The van der Waals surface area contributed by atoms with Crippen molar-refractivity contribution in [3.8, 4) is 0 Å². The number of carbonyl (C=O) groups is 3. The molecule has 5 nitrogen and oxygen atoms in total. The number of carbonyl (C=O) groups excluding carboxylic acids is 3. The fraction of sp³-hybridized carbons (Fsp3) is 0.357. The van der Waals surface area contributed by atoms with Crippen molar-refractivity contribution in [2.24, 2.45) is 0 Å². The van der Waals surface area contributed by atoms with Crippen molar-refractivity contribution >= 4 is 17.7 Å². The van der Waals surface area contributed by atoms with Crippen molar-refractivity contribution < 1.29 is 23.2 Å². The van der Waals surface area contributed by atoms with E-state index < -0.39 is 35.5 Å². The van der Waals surface area contributed by atoms with Crippen LogP contribution in [0.4, 0.5) is 8.78 Å². The van der Waals surface area contributed by atoms with Gasteiger partial charge < -0.3 is 4.90 Å². The first-order valence-electron chi connectivity index (χ1n) is 6.55. The van der Waals surface area contributed by atoms with Gasteiger partial charge in [0.1, 0.15) is 6.04 Å². The summed E-state index contributed by atoms with van der Waals surface area (Å²) in [6.07, 6.45) is 0.339. The summed E-state index contributed by atoms with van der Waals surface area (Å²) in [6.45, 7) is 1.64. The number of piperidine rings is 1. The lowest BCUT2D eigenvalue weighted by atomic mass is 10.0. The molecular formula is C14H12F2N2O3. The number of benzene rings is 1. The van der Waals surface area contributed by atoms with E-state index in [0.717, 1.165) is 12.1 Å². The number of imide groups is 1. The summed E-state index contributed by atoms with van der Waals surface area (Å²) in [7, 11) is 0. The highest BCUT2D eigenvalue weighted by molar-refractivity contribution is 6.05. The van der Waals surface area contributed by atoms with Gasteiger partial charge in [0.05, 0.1) is 6.04 Å². The minimum atomic E-state index is -1.10. The third-order valence-electron chi connectivity index (χ3n) is 3.97. The Hall–Kier alpha value is -2.31. The third kappa shape index (κ3) is 2.00. The van der Waals surface area contributed by atoms with Crippen LogP contribution in [0.2, 0.25) is 0 Å². The number of amides is 3. The van der Waals surface area contributed by atoms with Crippen molar-refractivity contribution in [2.45, 2.75) is 31.8 Å². The van der Waals surface area contributed by atoms with Crippen LogP contribution < -0.4 is 5.32 Å². The minimum absolute atomic E-state index is 0.0612. The van der Waals surface area contributed by atoms with Crippen LogP contribution in [-0.4, -0.2) is 28.7 Å². The molecule has 0 aliphatic carbocycles. The second kappa shape index (κ2) is 4.61. The maximum Gasteiger partial charge on any atom is 0.255 e. The molecule has 0 saturated carbocycles. The molecule has 1 saturated heterocycles. The number of nitrogens with zero attached hydrogens (tertiary/aromatic N) is 1. The van der Waals surface area contributed by atoms with Crippen LogP contribution in [0.15, 0.2) is 12.1 Å². The van der Waals surface area contributed by atoms with Gasteiger partial charge in [-0.2, -0.15) is 0 Å². The minimum Gasteiger partial charge on any atom is -0.320 e. The fourth-order valence-corrected chi connectivity index (χ4v) is 2.92. The summed E-state index contributed by atoms with van der Waals surface area (Å²) in [6, 6.07) is 0.490. The average molecular weight is 294 g/mol. The van der Waals surface area contributed by atoms with Crippen molar-refractivity contribution in [1.29, 1.82) is 0 Å². The molecule has 2 atom stereocenters. The molecule has 2 aliphatic rings. The van der Waals surface area contributed by atoms with Gasteiger partial charge in [-0.25, -0.2) is 8.78 Å². The van der Waals surface area contributed by atoms with E-state index in [1.165, 1.54) is 4.90 Å². The van der Waals surface area contributed by atoms with Crippen LogP contribution in [0.25, 0.3) is 0 Å². The predicted molar refractivity (Wildman–Crippen MR) is 67.1 cm³/mol. The van der Waals surface area contributed by atoms with E-state index >= 15 is 0 Å². The lowest BCUT2D eigenvalue weighted by molar-refractivity contribution is -0.137. The Morgan fingerprint density at radius 2 is 1.86 bits per heavy atom. The molecule has 2 aliphatic heterocycles. The molecule has 110 valence electrons. The van der Waals surface area contributed by atoms with Gasteiger partial charge in [0.2, 0.25) is 11.8 Å². The number of rotatable bonds is 1. The number of hydrogen-bond acceptors (Lipinski definition) is 3. The fourth-order valence-electron chi connectivity index (χ4n) is 2.92. The molecule has 3 rings (SSSR count). The molecule has 3 amide bonds. The second-order valence-electron chi connectivity index (χ2n) is 5.21. The molecule has 1 fully saturated rings. The summed E-state index contributed by atoms with van der Waals surface area (Å²) in [5, 5.41) is 2.18. The van der Waals surface area contributed by atoms with Gasteiger partial charge >= 0.3 is 0 Å². The van der Waals surface area contributed by atoms with Crippen LogP contribution >= 0.6 is 0 Å². The van der Waals surface area contributed by atoms with E-state index in [2.05, 4.69) is 5.32 Å². The number of halogens is 2. The molecule has 21 heavy (non-hydrogen) atoms. The zero-order valence-electron chi connectivity index (χ0n) is 11.2. The lowest BCUT2D eigenvalue weighted by Gasteiger charge is -2.32. The highest BCUT2D eigenvalue weighted by atomic mass is 19.2. The Balaban J connectivity index is 1.98. The van der Waals surface area contributed by atoms with Gasteiger partial charge in [0, 0.05) is 12.0 Å². The SMILES string of the molecule is CC1c2cc(F)c(F)cc2C(=O)N1C1CCC(=O)NC1=O. The zero-order chi connectivity index (χ0) is 15.3. The van der Waals surface area contributed by atoms with Crippen LogP contribution in [0.3, 0.4) is 0 Å². The molecule has 0 spiro atoms. The Morgan fingerprint density at radius 1 is 1.19 bits per heavy atom. The average Bonchev–Trinajstić information content (AvgIpc) is 2.64. The summed E-state index contributed by atoms with van der Waals surface area (Å²) in [5.41, 5.74) is 0.412. The van der Waals surface area contributed by atoms with Crippen LogP contribution in [0.1, 0.15) is 41.7 Å². The normalized spacial score (nSPS) is 25.1.